The predicted octanol–water partition coefficient (Wildman–Crippen LogP) is 3.36. The number of nitrogens with zero attached hydrogens (tertiary/aromatic N) is 1. The number of rotatable bonds is 3. The van der Waals surface area contributed by atoms with Crippen LogP contribution in [0.5, 0.6) is 0 Å². The summed E-state index contributed by atoms with van der Waals surface area (Å²) in [5.41, 5.74) is 5.93. The molecule has 0 bridgehead atoms. The Labute approximate surface area is 131 Å². The van der Waals surface area contributed by atoms with Crippen molar-refractivity contribution in [2.24, 2.45) is 0 Å². The number of nitrogens with two attached hydrogens (primary N) is 1. The molecule has 0 amide bonds. The second-order valence-electron chi connectivity index (χ2n) is 3.69. The summed E-state index contributed by atoms with van der Waals surface area (Å²) in [6.07, 6.45) is 1.60. The maximum Gasteiger partial charge on any atom is 0.266 e. The smallest absolute Gasteiger partial charge is 0.266 e. The summed E-state index contributed by atoms with van der Waals surface area (Å²) < 4.78 is 28.1. The predicted molar refractivity (Wildman–Crippen MR) is 83.9 cm³/mol. The summed E-state index contributed by atoms with van der Waals surface area (Å²) in [4.78, 5) is 4.89. The van der Waals surface area contributed by atoms with E-state index in [-0.39, 0.29) is 10.6 Å². The van der Waals surface area contributed by atoms with E-state index in [1.807, 2.05) is 6.92 Å². The zero-order valence-corrected chi connectivity index (χ0v) is 14.5. The van der Waals surface area contributed by atoms with Crippen LogP contribution in [0.15, 0.2) is 32.2 Å². The molecule has 9 heteroatoms. The lowest BCUT2D eigenvalue weighted by atomic mass is 10.3. The summed E-state index contributed by atoms with van der Waals surface area (Å²) in [6, 6.07) is 3.16. The van der Waals surface area contributed by atoms with Gasteiger partial charge in [-0.1, -0.05) is 15.9 Å². The molecule has 0 unspecified atom stereocenters. The van der Waals surface area contributed by atoms with E-state index in [0.29, 0.717) is 14.1 Å². The number of thiazole rings is 1. The Kier molecular flexibility index (Phi) is 4.19. The van der Waals surface area contributed by atoms with Gasteiger partial charge in [0, 0.05) is 20.0 Å². The van der Waals surface area contributed by atoms with E-state index in [1.54, 1.807) is 12.3 Å². The van der Waals surface area contributed by atoms with Crippen LogP contribution in [-0.4, -0.2) is 13.4 Å². The van der Waals surface area contributed by atoms with E-state index in [1.165, 1.54) is 17.4 Å². The van der Waals surface area contributed by atoms with Crippen LogP contribution in [0.4, 0.5) is 10.8 Å². The van der Waals surface area contributed by atoms with Gasteiger partial charge in [-0.2, -0.15) is 0 Å². The van der Waals surface area contributed by atoms with E-state index in [9.17, 15) is 8.42 Å². The molecule has 0 aliphatic heterocycles. The maximum absolute atomic E-state index is 12.3. The molecule has 0 spiro atoms. The molecule has 0 radical (unpaired) electrons. The van der Waals surface area contributed by atoms with Crippen LogP contribution >= 0.6 is 43.2 Å². The quantitative estimate of drug-likeness (QED) is 0.736. The molecule has 2 rings (SSSR count). The first kappa shape index (κ1) is 14.8. The molecule has 1 aromatic heterocycles. The van der Waals surface area contributed by atoms with E-state index in [0.717, 1.165) is 4.88 Å². The number of aryl methyl sites for hydroxylation is 1. The summed E-state index contributed by atoms with van der Waals surface area (Å²) in [5.74, 6) is 0. The van der Waals surface area contributed by atoms with Crippen molar-refractivity contribution in [1.82, 2.24) is 4.98 Å². The highest BCUT2D eigenvalue weighted by molar-refractivity contribution is 9.11. The Hall–Kier alpha value is -0.640. The Morgan fingerprint density at radius 3 is 2.58 bits per heavy atom. The standard InChI is InChI=1S/C10H9Br2N3O2S2/c1-5-4-14-10(18-5)15-19(16,17)9-7(12)2-6(11)3-8(9)13/h2-4H,13H2,1H3,(H,14,15). The Morgan fingerprint density at radius 2 is 2.05 bits per heavy atom. The van der Waals surface area contributed by atoms with E-state index >= 15 is 0 Å². The number of hydrogen-bond donors (Lipinski definition) is 2. The first-order valence-corrected chi connectivity index (χ1v) is 8.88. The third-order valence-electron chi connectivity index (χ3n) is 2.15. The highest BCUT2D eigenvalue weighted by Gasteiger charge is 2.22. The fourth-order valence-electron chi connectivity index (χ4n) is 1.43. The summed E-state index contributed by atoms with van der Waals surface area (Å²) in [7, 11) is -3.77. The summed E-state index contributed by atoms with van der Waals surface area (Å²) in [6.45, 7) is 1.85. The van der Waals surface area contributed by atoms with Crippen LogP contribution in [0.3, 0.4) is 0 Å². The van der Waals surface area contributed by atoms with Gasteiger partial charge in [0.25, 0.3) is 10.0 Å². The van der Waals surface area contributed by atoms with Crippen molar-refractivity contribution in [2.45, 2.75) is 11.8 Å². The molecule has 0 aliphatic rings. The van der Waals surface area contributed by atoms with E-state index < -0.39 is 10.0 Å². The molecule has 19 heavy (non-hydrogen) atoms. The van der Waals surface area contributed by atoms with Crippen molar-refractivity contribution in [3.63, 3.8) is 0 Å². The topological polar surface area (TPSA) is 85.1 Å². The van der Waals surface area contributed by atoms with Gasteiger partial charge in [0.2, 0.25) is 0 Å². The van der Waals surface area contributed by atoms with Gasteiger partial charge in [-0.3, -0.25) is 4.72 Å². The van der Waals surface area contributed by atoms with E-state index in [4.69, 9.17) is 5.73 Å². The summed E-state index contributed by atoms with van der Waals surface area (Å²) in [5, 5.41) is 0.312. The van der Waals surface area contributed by atoms with Gasteiger partial charge in [-0.15, -0.1) is 11.3 Å². The molecule has 102 valence electrons. The SMILES string of the molecule is Cc1cnc(NS(=O)(=O)c2c(N)cc(Br)cc2Br)s1. The molecule has 2 aromatic rings. The fourth-order valence-corrected chi connectivity index (χ4v) is 5.41. The molecule has 1 aromatic carbocycles. The fraction of sp³-hybridized carbons (Fsp3) is 0.100. The third kappa shape index (κ3) is 3.28. The minimum Gasteiger partial charge on any atom is -0.398 e. The number of benzene rings is 1. The average Bonchev–Trinajstić information content (AvgIpc) is 2.60. The number of aromatic nitrogens is 1. The molecule has 3 N–H and O–H groups in total. The highest BCUT2D eigenvalue weighted by Crippen LogP contribution is 2.33. The van der Waals surface area contributed by atoms with Crippen molar-refractivity contribution in [3.8, 4) is 0 Å². The second-order valence-corrected chi connectivity index (χ2v) is 8.31. The Morgan fingerprint density at radius 1 is 1.37 bits per heavy atom. The minimum atomic E-state index is -3.77. The van der Waals surface area contributed by atoms with Crippen LogP contribution in [-0.2, 0) is 10.0 Å². The van der Waals surface area contributed by atoms with Crippen LogP contribution in [0.2, 0.25) is 0 Å². The van der Waals surface area contributed by atoms with Crippen LogP contribution in [0, 0.1) is 6.92 Å². The molecular formula is C10H9Br2N3O2S2. The normalized spacial score (nSPS) is 11.5. The lowest BCUT2D eigenvalue weighted by molar-refractivity contribution is 0.601. The lowest BCUT2D eigenvalue weighted by Crippen LogP contribution is -2.15. The molecule has 1 heterocycles. The van der Waals surface area contributed by atoms with Crippen molar-refractivity contribution < 1.29 is 8.42 Å². The van der Waals surface area contributed by atoms with Crippen LogP contribution in [0.1, 0.15) is 4.88 Å². The molecule has 5 nitrogen and oxygen atoms in total. The maximum atomic E-state index is 12.3. The number of anilines is 2. The lowest BCUT2D eigenvalue weighted by Gasteiger charge is -2.10. The Bertz CT molecular complexity index is 705. The molecule has 0 saturated carbocycles. The highest BCUT2D eigenvalue weighted by atomic mass is 79.9. The minimum absolute atomic E-state index is 0.00329. The number of sulfonamides is 1. The van der Waals surface area contributed by atoms with Crippen molar-refractivity contribution >= 4 is 64.0 Å². The van der Waals surface area contributed by atoms with Crippen molar-refractivity contribution in [2.75, 3.05) is 10.5 Å². The monoisotopic (exact) mass is 425 g/mol. The number of nitrogen functional groups attached to an aromatic ring is 1. The van der Waals surface area contributed by atoms with Gasteiger partial charge in [0.05, 0.1) is 5.69 Å². The largest absolute Gasteiger partial charge is 0.398 e. The van der Waals surface area contributed by atoms with Gasteiger partial charge in [-0.05, 0) is 35.0 Å². The average molecular weight is 427 g/mol. The zero-order valence-electron chi connectivity index (χ0n) is 9.65. The Balaban J connectivity index is 2.45. The van der Waals surface area contributed by atoms with Crippen LogP contribution < -0.4 is 10.5 Å². The van der Waals surface area contributed by atoms with Crippen molar-refractivity contribution in [3.05, 3.63) is 32.2 Å². The first-order chi connectivity index (χ1) is 8.79. The van der Waals surface area contributed by atoms with Crippen LogP contribution in [0.25, 0.3) is 0 Å². The zero-order chi connectivity index (χ0) is 14.2. The molecule has 0 aliphatic carbocycles. The van der Waals surface area contributed by atoms with Crippen molar-refractivity contribution in [1.29, 1.82) is 0 Å². The van der Waals surface area contributed by atoms with Gasteiger partial charge < -0.3 is 5.73 Å². The van der Waals surface area contributed by atoms with E-state index in [2.05, 4.69) is 41.6 Å². The number of nitrogens with one attached hydrogen (secondary N) is 1. The van der Waals surface area contributed by atoms with Gasteiger partial charge in [0.15, 0.2) is 5.13 Å². The number of halogens is 2. The first-order valence-electron chi connectivity index (χ1n) is 4.99. The second kappa shape index (κ2) is 5.39. The summed E-state index contributed by atoms with van der Waals surface area (Å²) >= 11 is 7.71. The molecule has 0 fully saturated rings. The molecule has 0 atom stereocenters. The molecule has 0 saturated heterocycles. The van der Waals surface area contributed by atoms with Gasteiger partial charge in [-0.25, -0.2) is 13.4 Å². The van der Waals surface area contributed by atoms with Gasteiger partial charge >= 0.3 is 0 Å². The third-order valence-corrected chi connectivity index (χ3v) is 5.91. The number of hydrogen-bond acceptors (Lipinski definition) is 5. The van der Waals surface area contributed by atoms with Gasteiger partial charge in [0.1, 0.15) is 4.90 Å². The molecular weight excluding hydrogens is 418 g/mol.